The number of amides is 1. The zero-order chi connectivity index (χ0) is 16.3. The van der Waals surface area contributed by atoms with Crippen LogP contribution in [0.15, 0.2) is 39.8 Å². The van der Waals surface area contributed by atoms with Crippen LogP contribution in [0, 0.1) is 6.92 Å². The first-order valence-electron chi connectivity index (χ1n) is 6.55. The monoisotopic (exact) mass is 323 g/mol. The van der Waals surface area contributed by atoms with Crippen LogP contribution in [0.2, 0.25) is 0 Å². The molecule has 8 heteroatoms. The Hall–Kier alpha value is -2.19. The molecule has 0 saturated heterocycles. The van der Waals surface area contributed by atoms with E-state index in [4.69, 9.17) is 4.52 Å². The van der Waals surface area contributed by atoms with Gasteiger partial charge in [-0.1, -0.05) is 11.2 Å². The molecule has 0 fully saturated rings. The third kappa shape index (κ3) is 3.52. The zero-order valence-electron chi connectivity index (χ0n) is 12.5. The normalized spacial score (nSPS) is 11.4. The Morgan fingerprint density at radius 1 is 1.36 bits per heavy atom. The molecule has 1 aromatic heterocycles. The summed E-state index contributed by atoms with van der Waals surface area (Å²) in [6.07, 6.45) is 0. The molecule has 1 aromatic carbocycles. The Balaban J connectivity index is 2.20. The molecule has 7 nitrogen and oxygen atoms in total. The first-order chi connectivity index (χ1) is 10.3. The van der Waals surface area contributed by atoms with E-state index in [0.717, 1.165) is 0 Å². The number of rotatable bonds is 5. The molecule has 118 valence electrons. The van der Waals surface area contributed by atoms with Gasteiger partial charge in [0.1, 0.15) is 11.5 Å². The number of hydrogen-bond donors (Lipinski definition) is 1. The van der Waals surface area contributed by atoms with Crippen molar-refractivity contribution in [1.82, 2.24) is 14.8 Å². The van der Waals surface area contributed by atoms with Crippen LogP contribution in [0.25, 0.3) is 0 Å². The molecule has 0 bridgehead atoms. The first-order valence-corrected chi connectivity index (χ1v) is 8.03. The second-order valence-corrected chi connectivity index (χ2v) is 6.71. The average Bonchev–Trinajstić information content (AvgIpc) is 2.91. The quantitative estimate of drug-likeness (QED) is 0.891. The summed E-state index contributed by atoms with van der Waals surface area (Å²) >= 11 is 0. The fraction of sp³-hybridized carbons (Fsp3) is 0.286. The third-order valence-electron chi connectivity index (χ3n) is 3.08. The number of nitrogens with one attached hydrogen (secondary N) is 1. The lowest BCUT2D eigenvalue weighted by Gasteiger charge is -2.16. The zero-order valence-corrected chi connectivity index (χ0v) is 13.3. The van der Waals surface area contributed by atoms with Gasteiger partial charge in [0.25, 0.3) is 5.91 Å². The van der Waals surface area contributed by atoms with Crippen molar-refractivity contribution in [3.63, 3.8) is 0 Å². The number of hydrogen-bond acceptors (Lipinski definition) is 5. The van der Waals surface area contributed by atoms with Crippen LogP contribution in [0.4, 0.5) is 0 Å². The molecule has 0 aliphatic heterocycles. The fourth-order valence-corrected chi connectivity index (χ4v) is 2.72. The third-order valence-corrected chi connectivity index (χ3v) is 4.49. The summed E-state index contributed by atoms with van der Waals surface area (Å²) in [6, 6.07) is 7.63. The van der Waals surface area contributed by atoms with E-state index in [1.807, 2.05) is 0 Å². The Labute approximate surface area is 129 Å². The van der Waals surface area contributed by atoms with E-state index in [-0.39, 0.29) is 17.3 Å². The van der Waals surface area contributed by atoms with E-state index in [1.165, 1.54) is 30.1 Å². The molecule has 1 N–H and O–H groups in total. The number of sulfonamides is 1. The molecule has 22 heavy (non-hydrogen) atoms. The summed E-state index contributed by atoms with van der Waals surface area (Å²) in [7, 11) is -0.645. The number of nitrogens with zero attached hydrogens (tertiary/aromatic N) is 2. The standard InChI is InChI=1S/C14H17N3O4S/c1-10-7-12(16-21-10)9-17(3)14(18)11-5-4-6-13(8-11)22(19,20)15-2/h4-8,15H,9H2,1-3H3. The summed E-state index contributed by atoms with van der Waals surface area (Å²) in [4.78, 5) is 13.9. The molecule has 2 aromatic rings. The van der Waals surface area contributed by atoms with Gasteiger partial charge in [-0.05, 0) is 32.2 Å². The molecule has 0 aliphatic carbocycles. The summed E-state index contributed by atoms with van der Waals surface area (Å²) in [5.74, 6) is 0.367. The van der Waals surface area contributed by atoms with Crippen LogP contribution in [0.1, 0.15) is 21.8 Å². The predicted molar refractivity (Wildman–Crippen MR) is 79.7 cm³/mol. The Morgan fingerprint density at radius 2 is 2.09 bits per heavy atom. The summed E-state index contributed by atoms with van der Waals surface area (Å²) < 4.78 is 30.7. The van der Waals surface area contributed by atoms with Crippen LogP contribution in [-0.2, 0) is 16.6 Å². The minimum absolute atomic E-state index is 0.0477. The van der Waals surface area contributed by atoms with Gasteiger partial charge in [0.05, 0.1) is 11.4 Å². The van der Waals surface area contributed by atoms with E-state index >= 15 is 0 Å². The van der Waals surface area contributed by atoms with Crippen LogP contribution in [0.5, 0.6) is 0 Å². The molecular weight excluding hydrogens is 306 g/mol. The molecule has 1 heterocycles. The van der Waals surface area contributed by atoms with Crippen molar-refractivity contribution in [2.45, 2.75) is 18.4 Å². The average molecular weight is 323 g/mol. The molecule has 2 rings (SSSR count). The van der Waals surface area contributed by atoms with Gasteiger partial charge in [0.2, 0.25) is 10.0 Å². The van der Waals surface area contributed by atoms with E-state index in [2.05, 4.69) is 9.88 Å². The van der Waals surface area contributed by atoms with Crippen LogP contribution in [-0.4, -0.2) is 38.5 Å². The Morgan fingerprint density at radius 3 is 2.68 bits per heavy atom. The minimum atomic E-state index is -3.58. The molecule has 0 radical (unpaired) electrons. The van der Waals surface area contributed by atoms with Crippen LogP contribution in [0.3, 0.4) is 0 Å². The second-order valence-electron chi connectivity index (χ2n) is 4.83. The maximum atomic E-state index is 12.4. The van der Waals surface area contributed by atoms with Crippen molar-refractivity contribution in [2.75, 3.05) is 14.1 Å². The first kappa shape index (κ1) is 16.2. The summed E-state index contributed by atoms with van der Waals surface area (Å²) in [5.41, 5.74) is 0.923. The number of carbonyl (C=O) groups is 1. The van der Waals surface area contributed by atoms with Gasteiger partial charge in [-0.15, -0.1) is 0 Å². The van der Waals surface area contributed by atoms with Crippen molar-refractivity contribution in [2.24, 2.45) is 0 Å². The minimum Gasteiger partial charge on any atom is -0.361 e. The van der Waals surface area contributed by atoms with Crippen molar-refractivity contribution in [3.05, 3.63) is 47.3 Å². The van der Waals surface area contributed by atoms with E-state index in [1.54, 1.807) is 26.1 Å². The number of aryl methyl sites for hydroxylation is 1. The van der Waals surface area contributed by atoms with Crippen molar-refractivity contribution < 1.29 is 17.7 Å². The largest absolute Gasteiger partial charge is 0.361 e. The van der Waals surface area contributed by atoms with E-state index in [0.29, 0.717) is 17.0 Å². The molecule has 0 aliphatic rings. The van der Waals surface area contributed by atoms with E-state index in [9.17, 15) is 13.2 Å². The molecule has 1 amide bonds. The van der Waals surface area contributed by atoms with Crippen LogP contribution < -0.4 is 4.72 Å². The van der Waals surface area contributed by atoms with Crippen molar-refractivity contribution in [1.29, 1.82) is 0 Å². The highest BCUT2D eigenvalue weighted by atomic mass is 32.2. The summed E-state index contributed by atoms with van der Waals surface area (Å²) in [6.45, 7) is 2.05. The smallest absolute Gasteiger partial charge is 0.253 e. The van der Waals surface area contributed by atoms with Gasteiger partial charge in [-0.3, -0.25) is 4.79 Å². The lowest BCUT2D eigenvalue weighted by Crippen LogP contribution is -2.27. The molecule has 0 unspecified atom stereocenters. The number of aromatic nitrogens is 1. The Bertz CT molecular complexity index is 783. The topological polar surface area (TPSA) is 92.5 Å². The lowest BCUT2D eigenvalue weighted by molar-refractivity contribution is 0.0782. The van der Waals surface area contributed by atoms with Gasteiger partial charge in [0.15, 0.2) is 0 Å². The highest BCUT2D eigenvalue weighted by Crippen LogP contribution is 2.14. The highest BCUT2D eigenvalue weighted by molar-refractivity contribution is 7.89. The van der Waals surface area contributed by atoms with Gasteiger partial charge < -0.3 is 9.42 Å². The maximum Gasteiger partial charge on any atom is 0.253 e. The number of carbonyl (C=O) groups excluding carboxylic acids is 1. The highest BCUT2D eigenvalue weighted by Gasteiger charge is 2.17. The maximum absolute atomic E-state index is 12.4. The second kappa shape index (κ2) is 6.29. The lowest BCUT2D eigenvalue weighted by atomic mass is 10.2. The fourth-order valence-electron chi connectivity index (χ4n) is 1.94. The van der Waals surface area contributed by atoms with E-state index < -0.39 is 10.0 Å². The van der Waals surface area contributed by atoms with Gasteiger partial charge in [0, 0.05) is 18.7 Å². The van der Waals surface area contributed by atoms with Gasteiger partial charge in [-0.2, -0.15) is 0 Å². The van der Waals surface area contributed by atoms with Crippen molar-refractivity contribution >= 4 is 15.9 Å². The Kier molecular flexibility index (Phi) is 4.62. The molecule has 0 atom stereocenters. The van der Waals surface area contributed by atoms with Gasteiger partial charge >= 0.3 is 0 Å². The molecule has 0 spiro atoms. The summed E-state index contributed by atoms with van der Waals surface area (Å²) in [5, 5.41) is 3.83. The predicted octanol–water partition coefficient (Wildman–Crippen LogP) is 1.16. The SMILES string of the molecule is CNS(=O)(=O)c1cccc(C(=O)N(C)Cc2cc(C)on2)c1. The van der Waals surface area contributed by atoms with Crippen molar-refractivity contribution in [3.8, 4) is 0 Å². The van der Waals surface area contributed by atoms with Crippen LogP contribution >= 0.6 is 0 Å². The number of benzene rings is 1. The molecular formula is C14H17N3O4S. The molecule has 0 saturated carbocycles. The van der Waals surface area contributed by atoms with Gasteiger partial charge in [-0.25, -0.2) is 13.1 Å².